The lowest BCUT2D eigenvalue weighted by molar-refractivity contribution is 0.398. The summed E-state index contributed by atoms with van der Waals surface area (Å²) in [4.78, 5) is 8.37. The van der Waals surface area contributed by atoms with Gasteiger partial charge in [-0.1, -0.05) is 0 Å². The maximum absolute atomic E-state index is 5.66. The van der Waals surface area contributed by atoms with Crippen LogP contribution in [0.3, 0.4) is 0 Å². The van der Waals surface area contributed by atoms with E-state index in [2.05, 4.69) is 9.97 Å². The van der Waals surface area contributed by atoms with E-state index in [4.69, 9.17) is 10.5 Å². The smallest absolute Gasteiger partial charge is 0.213 e. The van der Waals surface area contributed by atoms with E-state index in [1.807, 2.05) is 25.1 Å². The highest BCUT2D eigenvalue weighted by Crippen LogP contribution is 2.24. The first kappa shape index (κ1) is 10.4. The van der Waals surface area contributed by atoms with Crippen LogP contribution >= 0.6 is 0 Å². The second kappa shape index (κ2) is 4.18. The fourth-order valence-electron chi connectivity index (χ4n) is 1.57. The highest BCUT2D eigenvalue weighted by molar-refractivity contribution is 5.65. The van der Waals surface area contributed by atoms with Crippen molar-refractivity contribution in [1.82, 2.24) is 9.97 Å². The van der Waals surface area contributed by atoms with Crippen LogP contribution in [-0.4, -0.2) is 17.1 Å². The Morgan fingerprint density at radius 3 is 2.75 bits per heavy atom. The van der Waals surface area contributed by atoms with Crippen molar-refractivity contribution in [3.63, 3.8) is 0 Å². The monoisotopic (exact) mass is 215 g/mol. The summed E-state index contributed by atoms with van der Waals surface area (Å²) < 4.78 is 5.08. The van der Waals surface area contributed by atoms with Crippen molar-refractivity contribution in [2.24, 2.45) is 0 Å². The Balaban J connectivity index is 2.49. The highest BCUT2D eigenvalue weighted by Gasteiger charge is 2.05. The van der Waals surface area contributed by atoms with Crippen LogP contribution in [0.2, 0.25) is 0 Å². The minimum absolute atomic E-state index is 0.579. The van der Waals surface area contributed by atoms with Gasteiger partial charge >= 0.3 is 0 Å². The molecule has 0 atom stereocenters. The Morgan fingerprint density at radius 2 is 2.06 bits per heavy atom. The topological polar surface area (TPSA) is 61.0 Å². The van der Waals surface area contributed by atoms with Crippen molar-refractivity contribution in [1.29, 1.82) is 0 Å². The van der Waals surface area contributed by atoms with Crippen molar-refractivity contribution >= 4 is 5.69 Å². The van der Waals surface area contributed by atoms with Gasteiger partial charge in [-0.25, -0.2) is 4.98 Å². The molecule has 0 unspecified atom stereocenters. The van der Waals surface area contributed by atoms with Gasteiger partial charge in [-0.15, -0.1) is 0 Å². The zero-order chi connectivity index (χ0) is 11.5. The number of anilines is 1. The molecule has 0 spiro atoms. The first-order chi connectivity index (χ1) is 7.70. The SMILES string of the molecule is COc1cc(-c2ncc(N)cc2C)ccn1. The quantitative estimate of drug-likeness (QED) is 0.832. The lowest BCUT2D eigenvalue weighted by Crippen LogP contribution is -1.94. The van der Waals surface area contributed by atoms with Crippen LogP contribution in [0, 0.1) is 6.92 Å². The Morgan fingerprint density at radius 1 is 1.25 bits per heavy atom. The van der Waals surface area contributed by atoms with E-state index in [1.54, 1.807) is 19.5 Å². The second-order valence-corrected chi connectivity index (χ2v) is 3.52. The lowest BCUT2D eigenvalue weighted by atomic mass is 10.1. The van der Waals surface area contributed by atoms with E-state index >= 15 is 0 Å². The predicted molar refractivity (Wildman–Crippen MR) is 63.2 cm³/mol. The third kappa shape index (κ3) is 1.95. The molecule has 4 nitrogen and oxygen atoms in total. The maximum atomic E-state index is 5.66. The molecule has 2 N–H and O–H groups in total. The van der Waals surface area contributed by atoms with Crippen LogP contribution in [0.1, 0.15) is 5.56 Å². The molecule has 0 aromatic carbocycles. The molecule has 2 heterocycles. The number of nitrogens with two attached hydrogens (primary N) is 1. The van der Waals surface area contributed by atoms with Gasteiger partial charge in [0.1, 0.15) is 0 Å². The zero-order valence-corrected chi connectivity index (χ0v) is 9.27. The number of rotatable bonds is 2. The van der Waals surface area contributed by atoms with Gasteiger partial charge in [0.15, 0.2) is 0 Å². The van der Waals surface area contributed by atoms with Crippen molar-refractivity contribution in [2.45, 2.75) is 6.92 Å². The van der Waals surface area contributed by atoms with E-state index in [1.165, 1.54) is 0 Å². The average molecular weight is 215 g/mol. The Hall–Kier alpha value is -2.10. The Labute approximate surface area is 94.1 Å². The summed E-state index contributed by atoms with van der Waals surface area (Å²) in [7, 11) is 1.59. The minimum Gasteiger partial charge on any atom is -0.481 e. The first-order valence-corrected chi connectivity index (χ1v) is 4.93. The largest absolute Gasteiger partial charge is 0.481 e. The molecule has 0 saturated carbocycles. The molecule has 16 heavy (non-hydrogen) atoms. The van der Waals surface area contributed by atoms with Gasteiger partial charge in [0.05, 0.1) is 24.7 Å². The summed E-state index contributed by atoms with van der Waals surface area (Å²) in [6.07, 6.45) is 3.35. The zero-order valence-electron chi connectivity index (χ0n) is 9.27. The van der Waals surface area contributed by atoms with E-state index in [0.717, 1.165) is 16.8 Å². The molecule has 0 radical (unpaired) electrons. The fraction of sp³-hybridized carbons (Fsp3) is 0.167. The van der Waals surface area contributed by atoms with Crippen molar-refractivity contribution < 1.29 is 4.74 Å². The molecule has 0 aliphatic heterocycles. The fourth-order valence-corrected chi connectivity index (χ4v) is 1.57. The Bertz CT molecular complexity index is 511. The molecule has 0 amide bonds. The van der Waals surface area contributed by atoms with Crippen LogP contribution < -0.4 is 10.5 Å². The maximum Gasteiger partial charge on any atom is 0.213 e. The van der Waals surface area contributed by atoms with Crippen LogP contribution in [0.5, 0.6) is 5.88 Å². The third-order valence-corrected chi connectivity index (χ3v) is 2.32. The van der Waals surface area contributed by atoms with Crippen molar-refractivity contribution in [3.8, 4) is 17.1 Å². The molecule has 0 aliphatic rings. The standard InChI is InChI=1S/C12H13N3O/c1-8-5-10(13)7-15-12(8)9-3-4-14-11(6-9)16-2/h3-7H,13H2,1-2H3. The summed E-state index contributed by atoms with van der Waals surface area (Å²) in [6.45, 7) is 1.98. The molecule has 0 bridgehead atoms. The number of nitrogens with zero attached hydrogens (tertiary/aromatic N) is 2. The number of methoxy groups -OCH3 is 1. The number of hydrogen-bond donors (Lipinski definition) is 1. The van der Waals surface area contributed by atoms with E-state index in [9.17, 15) is 0 Å². The molecule has 0 saturated heterocycles. The Kier molecular flexibility index (Phi) is 2.72. The summed E-state index contributed by atoms with van der Waals surface area (Å²) in [5.74, 6) is 0.579. The van der Waals surface area contributed by atoms with Crippen LogP contribution in [-0.2, 0) is 0 Å². The summed E-state index contributed by atoms with van der Waals surface area (Å²) in [5.41, 5.74) is 9.24. The van der Waals surface area contributed by atoms with Gasteiger partial charge < -0.3 is 10.5 Å². The van der Waals surface area contributed by atoms with E-state index in [-0.39, 0.29) is 0 Å². The third-order valence-electron chi connectivity index (χ3n) is 2.32. The van der Waals surface area contributed by atoms with Crippen molar-refractivity contribution in [3.05, 3.63) is 36.2 Å². The predicted octanol–water partition coefficient (Wildman–Crippen LogP) is 2.04. The summed E-state index contributed by atoms with van der Waals surface area (Å²) in [5, 5.41) is 0. The number of aryl methyl sites for hydroxylation is 1. The summed E-state index contributed by atoms with van der Waals surface area (Å²) in [6, 6.07) is 5.65. The number of hydrogen-bond acceptors (Lipinski definition) is 4. The molecule has 2 aromatic rings. The van der Waals surface area contributed by atoms with Crippen LogP contribution in [0.25, 0.3) is 11.3 Å². The van der Waals surface area contributed by atoms with Gasteiger partial charge in [0.25, 0.3) is 0 Å². The first-order valence-electron chi connectivity index (χ1n) is 4.93. The van der Waals surface area contributed by atoms with E-state index in [0.29, 0.717) is 11.6 Å². The van der Waals surface area contributed by atoms with Crippen LogP contribution in [0.15, 0.2) is 30.6 Å². The second-order valence-electron chi connectivity index (χ2n) is 3.52. The average Bonchev–Trinajstić information content (AvgIpc) is 2.29. The number of nitrogen functional groups attached to an aromatic ring is 1. The summed E-state index contributed by atoms with van der Waals surface area (Å²) >= 11 is 0. The molecule has 0 aliphatic carbocycles. The van der Waals surface area contributed by atoms with Gasteiger partial charge in [-0.2, -0.15) is 0 Å². The molecular weight excluding hydrogens is 202 g/mol. The molecule has 2 aromatic heterocycles. The van der Waals surface area contributed by atoms with E-state index < -0.39 is 0 Å². The normalized spacial score (nSPS) is 10.1. The molecule has 82 valence electrons. The van der Waals surface area contributed by atoms with Crippen molar-refractivity contribution in [2.75, 3.05) is 12.8 Å². The van der Waals surface area contributed by atoms with Gasteiger partial charge in [-0.05, 0) is 24.6 Å². The van der Waals surface area contributed by atoms with Gasteiger partial charge in [-0.3, -0.25) is 4.98 Å². The number of ether oxygens (including phenoxy) is 1. The van der Waals surface area contributed by atoms with Gasteiger partial charge in [0.2, 0.25) is 5.88 Å². The molecular formula is C12H13N3O. The highest BCUT2D eigenvalue weighted by atomic mass is 16.5. The van der Waals surface area contributed by atoms with Gasteiger partial charge in [0, 0.05) is 17.8 Å². The molecule has 2 rings (SSSR count). The lowest BCUT2D eigenvalue weighted by Gasteiger charge is -2.06. The molecule has 0 fully saturated rings. The number of aromatic nitrogens is 2. The molecule has 4 heteroatoms. The van der Waals surface area contributed by atoms with Crippen LogP contribution in [0.4, 0.5) is 5.69 Å². The number of pyridine rings is 2. The minimum atomic E-state index is 0.579.